The van der Waals surface area contributed by atoms with Crippen molar-refractivity contribution in [3.63, 3.8) is 0 Å². The van der Waals surface area contributed by atoms with Gasteiger partial charge in [0.1, 0.15) is 11.7 Å². The van der Waals surface area contributed by atoms with Crippen molar-refractivity contribution in [2.24, 2.45) is 4.99 Å². The largest absolute Gasteiger partial charge is 0.396 e. The molecule has 7 N–H and O–H groups in total. The standard InChI is InChI=1S/C21H44N6O3/c28-16-10-4-1-7-13-22-20-19-21(23-14-8-2-5-11-17-29)26-27(25-20)24-15-9-3-6-12-18-30/h19,22,24-25,28-30H,1-18H2,(H,23,26). The molecular weight excluding hydrogens is 384 g/mol. The number of hydrogen-bond acceptors (Lipinski definition) is 8. The molecule has 0 spiro atoms. The molecule has 0 aliphatic carbocycles. The van der Waals surface area contributed by atoms with E-state index in [1.54, 1.807) is 5.23 Å². The zero-order valence-corrected chi connectivity index (χ0v) is 18.5. The first-order chi connectivity index (χ1) is 14.8. The Bertz CT molecular complexity index is 462. The van der Waals surface area contributed by atoms with E-state index in [9.17, 15) is 0 Å². The molecule has 1 heterocycles. The Balaban J connectivity index is 2.41. The summed E-state index contributed by atoms with van der Waals surface area (Å²) in [6, 6.07) is 0. The first-order valence-corrected chi connectivity index (χ1v) is 11.7. The van der Waals surface area contributed by atoms with E-state index in [-0.39, 0.29) is 19.8 Å². The number of amidine groups is 1. The molecule has 0 aromatic rings. The minimum absolute atomic E-state index is 0.264. The molecule has 0 amide bonds. The fourth-order valence-electron chi connectivity index (χ4n) is 3.09. The number of hydrazine groups is 3. The second kappa shape index (κ2) is 19.6. The maximum absolute atomic E-state index is 8.86. The van der Waals surface area contributed by atoms with Crippen LogP contribution in [0.4, 0.5) is 0 Å². The van der Waals surface area contributed by atoms with Gasteiger partial charge in [-0.05, 0) is 38.5 Å². The van der Waals surface area contributed by atoms with E-state index < -0.39 is 0 Å². The summed E-state index contributed by atoms with van der Waals surface area (Å²) >= 11 is 0. The molecule has 0 unspecified atom stereocenters. The Hall–Kier alpha value is -1.39. The van der Waals surface area contributed by atoms with Crippen molar-refractivity contribution in [3.8, 4) is 0 Å². The Morgan fingerprint density at radius 3 is 1.90 bits per heavy atom. The van der Waals surface area contributed by atoms with Crippen molar-refractivity contribution < 1.29 is 15.3 Å². The second-order valence-corrected chi connectivity index (χ2v) is 7.63. The molecule has 0 saturated heterocycles. The normalized spacial score (nSPS) is 15.7. The number of aliphatic hydroxyl groups is 3. The molecule has 0 aromatic carbocycles. The van der Waals surface area contributed by atoms with Crippen molar-refractivity contribution in [3.05, 3.63) is 11.9 Å². The van der Waals surface area contributed by atoms with Crippen LogP contribution in [0.1, 0.15) is 77.0 Å². The van der Waals surface area contributed by atoms with Gasteiger partial charge in [-0.2, -0.15) is 0 Å². The SMILES string of the molecule is OCCCCCCN=C1C=C(NCCCCCCO)NN(NCCCCCCO)N1. The molecule has 9 heteroatoms. The number of nitrogens with one attached hydrogen (secondary N) is 4. The van der Waals surface area contributed by atoms with Crippen LogP contribution in [-0.2, 0) is 0 Å². The molecule has 0 fully saturated rings. The van der Waals surface area contributed by atoms with Crippen molar-refractivity contribution in [1.82, 2.24) is 26.8 Å². The number of hydrogen-bond donors (Lipinski definition) is 7. The van der Waals surface area contributed by atoms with E-state index >= 15 is 0 Å². The second-order valence-electron chi connectivity index (χ2n) is 7.63. The highest BCUT2D eigenvalue weighted by Crippen LogP contribution is 2.03. The molecule has 0 atom stereocenters. The summed E-state index contributed by atoms with van der Waals surface area (Å²) < 4.78 is 0. The summed E-state index contributed by atoms with van der Waals surface area (Å²) in [6.45, 7) is 3.25. The number of nitrogens with zero attached hydrogens (tertiary/aromatic N) is 2. The summed E-state index contributed by atoms with van der Waals surface area (Å²) in [7, 11) is 0. The predicted molar refractivity (Wildman–Crippen MR) is 121 cm³/mol. The summed E-state index contributed by atoms with van der Waals surface area (Å²) in [5.74, 6) is 1.72. The molecular formula is C21H44N6O3. The van der Waals surface area contributed by atoms with Crippen LogP contribution < -0.4 is 21.6 Å². The van der Waals surface area contributed by atoms with Gasteiger partial charge < -0.3 is 20.6 Å². The van der Waals surface area contributed by atoms with Gasteiger partial charge in [0.25, 0.3) is 0 Å². The van der Waals surface area contributed by atoms with Gasteiger partial charge in [-0.1, -0.05) is 43.8 Å². The molecule has 0 aromatic heterocycles. The van der Waals surface area contributed by atoms with E-state index in [0.717, 1.165) is 108 Å². The predicted octanol–water partition coefficient (Wildman–Crippen LogP) is 1.30. The minimum atomic E-state index is 0.264. The van der Waals surface area contributed by atoms with Crippen LogP contribution in [0.2, 0.25) is 0 Å². The minimum Gasteiger partial charge on any atom is -0.396 e. The number of aliphatic hydroxyl groups excluding tert-OH is 3. The molecule has 1 aliphatic rings. The fourth-order valence-corrected chi connectivity index (χ4v) is 3.09. The van der Waals surface area contributed by atoms with Crippen LogP contribution in [-0.4, -0.2) is 65.8 Å². The van der Waals surface area contributed by atoms with Crippen LogP contribution in [0.25, 0.3) is 0 Å². The fraction of sp³-hybridized carbons (Fsp3) is 0.857. The number of rotatable bonds is 20. The van der Waals surface area contributed by atoms with E-state index in [4.69, 9.17) is 15.3 Å². The van der Waals surface area contributed by atoms with Gasteiger partial charge in [0.2, 0.25) is 0 Å². The van der Waals surface area contributed by atoms with E-state index in [0.29, 0.717) is 0 Å². The van der Waals surface area contributed by atoms with Crippen LogP contribution in [0.15, 0.2) is 16.9 Å². The van der Waals surface area contributed by atoms with Gasteiger partial charge in [-0.25, -0.2) is 5.43 Å². The number of unbranched alkanes of at least 4 members (excludes halogenated alkanes) is 9. The summed E-state index contributed by atoms with van der Waals surface area (Å²) in [6.07, 6.45) is 14.1. The van der Waals surface area contributed by atoms with E-state index in [1.165, 1.54) is 0 Å². The van der Waals surface area contributed by atoms with Gasteiger partial charge in [0.15, 0.2) is 0 Å². The van der Waals surface area contributed by atoms with Crippen LogP contribution in [0.5, 0.6) is 0 Å². The maximum Gasteiger partial charge on any atom is 0.141 e. The van der Waals surface area contributed by atoms with Gasteiger partial charge in [0, 0.05) is 45.5 Å². The highest BCUT2D eigenvalue weighted by atomic mass is 16.3. The van der Waals surface area contributed by atoms with E-state index in [2.05, 4.69) is 26.6 Å². The van der Waals surface area contributed by atoms with Crippen LogP contribution in [0, 0.1) is 0 Å². The molecule has 0 bridgehead atoms. The summed E-state index contributed by atoms with van der Waals surface area (Å²) in [4.78, 5) is 4.67. The average Bonchev–Trinajstić information content (AvgIpc) is 2.75. The summed E-state index contributed by atoms with van der Waals surface area (Å²) in [5, 5.41) is 31.7. The van der Waals surface area contributed by atoms with Crippen LogP contribution >= 0.6 is 0 Å². The first-order valence-electron chi connectivity index (χ1n) is 11.7. The number of aliphatic imine (C=N–C) groups is 1. The third-order valence-corrected chi connectivity index (χ3v) is 4.84. The average molecular weight is 429 g/mol. The molecule has 30 heavy (non-hydrogen) atoms. The third kappa shape index (κ3) is 14.6. The van der Waals surface area contributed by atoms with Crippen LogP contribution in [0.3, 0.4) is 0 Å². The molecule has 176 valence electrons. The molecule has 1 aliphatic heterocycles. The zero-order valence-electron chi connectivity index (χ0n) is 18.5. The lowest BCUT2D eigenvalue weighted by Crippen LogP contribution is -2.61. The molecule has 0 saturated carbocycles. The Kier molecular flexibility index (Phi) is 17.4. The Morgan fingerprint density at radius 2 is 1.27 bits per heavy atom. The van der Waals surface area contributed by atoms with Gasteiger partial charge >= 0.3 is 0 Å². The van der Waals surface area contributed by atoms with Crippen molar-refractivity contribution in [1.29, 1.82) is 0 Å². The maximum atomic E-state index is 8.86. The highest BCUT2D eigenvalue weighted by Gasteiger charge is 2.14. The molecule has 1 rings (SSSR count). The van der Waals surface area contributed by atoms with E-state index in [1.807, 2.05) is 6.08 Å². The summed E-state index contributed by atoms with van der Waals surface area (Å²) in [5.41, 5.74) is 9.85. The van der Waals surface area contributed by atoms with Gasteiger partial charge in [0.05, 0.1) is 0 Å². The quantitative estimate of drug-likeness (QED) is 0.145. The van der Waals surface area contributed by atoms with Gasteiger partial charge in [-0.3, -0.25) is 15.8 Å². The van der Waals surface area contributed by atoms with Crippen molar-refractivity contribution in [2.45, 2.75) is 77.0 Å². The van der Waals surface area contributed by atoms with Crippen molar-refractivity contribution >= 4 is 5.84 Å². The molecule has 9 nitrogen and oxygen atoms in total. The highest BCUT2D eigenvalue weighted by molar-refractivity contribution is 5.93. The third-order valence-electron chi connectivity index (χ3n) is 4.84. The topological polar surface area (TPSA) is 124 Å². The zero-order chi connectivity index (χ0) is 21.7. The lowest BCUT2D eigenvalue weighted by Gasteiger charge is -2.31. The lowest BCUT2D eigenvalue weighted by atomic mass is 10.2. The van der Waals surface area contributed by atoms with Gasteiger partial charge in [-0.15, -0.1) is 0 Å². The molecule has 0 radical (unpaired) electrons. The smallest absolute Gasteiger partial charge is 0.141 e. The lowest BCUT2D eigenvalue weighted by molar-refractivity contribution is 0.0874. The monoisotopic (exact) mass is 428 g/mol. The first kappa shape index (κ1) is 26.6. The Morgan fingerprint density at radius 1 is 0.700 bits per heavy atom. The Labute approximate surface area is 181 Å². The van der Waals surface area contributed by atoms with Crippen molar-refractivity contribution in [2.75, 3.05) is 39.5 Å².